The molecule has 0 amide bonds. The van der Waals surface area contributed by atoms with Crippen molar-refractivity contribution in [1.29, 1.82) is 0 Å². The Kier molecular flexibility index (Phi) is 7.87. The molecule has 0 aliphatic carbocycles. The van der Waals surface area contributed by atoms with Crippen LogP contribution in [0.25, 0.3) is 0 Å². The fourth-order valence-electron chi connectivity index (χ4n) is 2.94. The first kappa shape index (κ1) is 15.0. The number of unbranched alkanes of at least 4 members (excludes halogenated alkanes) is 5. The fourth-order valence-corrected chi connectivity index (χ4v) is 2.94. The fraction of sp³-hybridized carbons (Fsp3) is 1.00. The molecule has 0 aromatic rings. The summed E-state index contributed by atoms with van der Waals surface area (Å²) in [7, 11) is 0. The summed E-state index contributed by atoms with van der Waals surface area (Å²) in [6.45, 7) is 7.02. The van der Waals surface area contributed by atoms with Gasteiger partial charge in [0.05, 0.1) is 6.17 Å². The first-order valence-electron chi connectivity index (χ1n) is 7.79. The van der Waals surface area contributed by atoms with Gasteiger partial charge in [0.1, 0.15) is 0 Å². The van der Waals surface area contributed by atoms with Crippen LogP contribution in [0.2, 0.25) is 0 Å². The third-order valence-electron chi connectivity index (χ3n) is 4.17. The molecule has 2 nitrogen and oxygen atoms in total. The summed E-state index contributed by atoms with van der Waals surface area (Å²) in [5.74, 6) is 0.832. The van der Waals surface area contributed by atoms with Crippen LogP contribution in [0.5, 0.6) is 0 Å². The minimum absolute atomic E-state index is 0.416. The van der Waals surface area contributed by atoms with Crippen molar-refractivity contribution in [1.82, 2.24) is 4.90 Å². The van der Waals surface area contributed by atoms with Crippen LogP contribution in [0.3, 0.4) is 0 Å². The highest BCUT2D eigenvalue weighted by Crippen LogP contribution is 2.29. The third kappa shape index (κ3) is 5.39. The Bertz CT molecular complexity index is 160. The van der Waals surface area contributed by atoms with E-state index in [2.05, 4.69) is 18.7 Å². The van der Waals surface area contributed by atoms with Crippen LogP contribution < -0.4 is 5.73 Å². The number of nitrogens with zero attached hydrogens (tertiary/aromatic N) is 1. The Balaban J connectivity index is 0.000000172. The maximum atomic E-state index is 5.91. The zero-order valence-electron chi connectivity index (χ0n) is 12.0. The van der Waals surface area contributed by atoms with Gasteiger partial charge in [-0.1, -0.05) is 52.4 Å². The predicted octanol–water partition coefficient (Wildman–Crippen LogP) is 3.75. The topological polar surface area (TPSA) is 29.3 Å². The highest BCUT2D eigenvalue weighted by Gasteiger charge is 2.33. The van der Waals surface area contributed by atoms with E-state index in [4.69, 9.17) is 5.73 Å². The molecule has 0 spiro atoms. The number of nitrogens with two attached hydrogens (primary N) is 1. The van der Waals surface area contributed by atoms with Gasteiger partial charge in [-0.25, -0.2) is 0 Å². The van der Waals surface area contributed by atoms with Gasteiger partial charge >= 0.3 is 0 Å². The lowest BCUT2D eigenvalue weighted by Crippen LogP contribution is -2.43. The van der Waals surface area contributed by atoms with Crippen molar-refractivity contribution in [2.75, 3.05) is 13.1 Å². The normalized spacial score (nSPS) is 30.9. The highest BCUT2D eigenvalue weighted by molar-refractivity contribution is 4.86. The van der Waals surface area contributed by atoms with Crippen molar-refractivity contribution >= 4 is 0 Å². The van der Waals surface area contributed by atoms with Crippen LogP contribution in [0.1, 0.15) is 71.6 Å². The second-order valence-corrected chi connectivity index (χ2v) is 5.63. The molecule has 102 valence electrons. The monoisotopic (exact) mass is 240 g/mol. The van der Waals surface area contributed by atoms with Crippen molar-refractivity contribution in [3.8, 4) is 0 Å². The van der Waals surface area contributed by atoms with Crippen molar-refractivity contribution in [2.45, 2.75) is 77.8 Å². The van der Waals surface area contributed by atoms with Gasteiger partial charge in [-0.15, -0.1) is 0 Å². The van der Waals surface area contributed by atoms with Gasteiger partial charge in [0.15, 0.2) is 0 Å². The van der Waals surface area contributed by atoms with E-state index < -0.39 is 0 Å². The molecule has 2 aliphatic heterocycles. The number of fused-ring (bicyclic) bond motifs is 2. The van der Waals surface area contributed by atoms with Gasteiger partial charge in [-0.05, 0) is 38.3 Å². The van der Waals surface area contributed by atoms with Crippen LogP contribution >= 0.6 is 0 Å². The average molecular weight is 240 g/mol. The first-order chi connectivity index (χ1) is 8.29. The molecule has 2 heterocycles. The Hall–Kier alpha value is -0.0800. The second-order valence-electron chi connectivity index (χ2n) is 5.63. The lowest BCUT2D eigenvalue weighted by Gasteiger charge is -2.29. The Morgan fingerprint density at radius 2 is 1.59 bits per heavy atom. The Morgan fingerprint density at radius 1 is 0.941 bits per heavy atom. The second kappa shape index (κ2) is 8.93. The summed E-state index contributed by atoms with van der Waals surface area (Å²) >= 11 is 0. The maximum Gasteiger partial charge on any atom is 0.0601 e. The summed E-state index contributed by atoms with van der Waals surface area (Å²) in [6, 6.07) is 0. The van der Waals surface area contributed by atoms with E-state index in [0.29, 0.717) is 6.17 Å². The van der Waals surface area contributed by atoms with Crippen LogP contribution in [-0.4, -0.2) is 24.2 Å². The van der Waals surface area contributed by atoms with Gasteiger partial charge in [0.2, 0.25) is 0 Å². The van der Waals surface area contributed by atoms with E-state index >= 15 is 0 Å². The van der Waals surface area contributed by atoms with Crippen molar-refractivity contribution in [3.05, 3.63) is 0 Å². The van der Waals surface area contributed by atoms with Crippen molar-refractivity contribution in [3.63, 3.8) is 0 Å². The van der Waals surface area contributed by atoms with Gasteiger partial charge in [-0.3, -0.25) is 4.90 Å². The van der Waals surface area contributed by atoms with Gasteiger partial charge < -0.3 is 5.73 Å². The molecule has 2 heteroatoms. The molecule has 3 atom stereocenters. The summed E-state index contributed by atoms with van der Waals surface area (Å²) in [6.07, 6.45) is 13.0. The SMILES string of the molecule is CCCCCCCC.NC1C2CCCN1CC2. The van der Waals surface area contributed by atoms with Crippen LogP contribution in [0.15, 0.2) is 0 Å². The van der Waals surface area contributed by atoms with E-state index in [9.17, 15) is 0 Å². The zero-order valence-corrected chi connectivity index (χ0v) is 12.0. The highest BCUT2D eigenvalue weighted by atomic mass is 15.3. The predicted molar refractivity (Wildman–Crippen MR) is 75.9 cm³/mol. The smallest absolute Gasteiger partial charge is 0.0601 e. The molecule has 2 aliphatic rings. The van der Waals surface area contributed by atoms with Crippen molar-refractivity contribution < 1.29 is 0 Å². The number of piperidine rings is 1. The lowest BCUT2D eigenvalue weighted by molar-refractivity contribution is 0.181. The van der Waals surface area contributed by atoms with Gasteiger partial charge in [0, 0.05) is 0 Å². The maximum absolute atomic E-state index is 5.91. The number of hydrogen-bond acceptors (Lipinski definition) is 2. The minimum atomic E-state index is 0.416. The molecule has 0 aromatic carbocycles. The first-order valence-corrected chi connectivity index (χ1v) is 7.79. The largest absolute Gasteiger partial charge is 0.315 e. The van der Waals surface area contributed by atoms with E-state index in [0.717, 1.165) is 5.92 Å². The summed E-state index contributed by atoms with van der Waals surface area (Å²) in [5.41, 5.74) is 5.91. The van der Waals surface area contributed by atoms with Crippen LogP contribution in [0.4, 0.5) is 0 Å². The molecule has 0 radical (unpaired) electrons. The molecular weight excluding hydrogens is 208 g/mol. The number of hydrogen-bond donors (Lipinski definition) is 1. The molecule has 0 aromatic heterocycles. The molecule has 17 heavy (non-hydrogen) atoms. The molecule has 2 bridgehead atoms. The quantitative estimate of drug-likeness (QED) is 0.742. The number of rotatable bonds is 5. The van der Waals surface area contributed by atoms with E-state index in [-0.39, 0.29) is 0 Å². The van der Waals surface area contributed by atoms with Gasteiger partial charge in [0.25, 0.3) is 0 Å². The standard InChI is InChI=1S/C8H18.C7H14N2/c1-3-5-7-8-6-4-2;8-7-6-2-1-4-9(7)5-3-6/h3-8H2,1-2H3;6-7H,1-5,8H2. The molecule has 2 fully saturated rings. The molecule has 2 saturated heterocycles. The third-order valence-corrected chi connectivity index (χ3v) is 4.17. The van der Waals surface area contributed by atoms with E-state index in [1.165, 1.54) is 70.9 Å². The van der Waals surface area contributed by atoms with Crippen LogP contribution in [0, 0.1) is 5.92 Å². The molecule has 2 rings (SSSR count). The minimum Gasteiger partial charge on any atom is -0.315 e. The van der Waals surface area contributed by atoms with E-state index in [1.54, 1.807) is 0 Å². The van der Waals surface area contributed by atoms with Gasteiger partial charge in [-0.2, -0.15) is 0 Å². The lowest BCUT2D eigenvalue weighted by atomic mass is 9.98. The Morgan fingerprint density at radius 3 is 2.06 bits per heavy atom. The molecule has 0 saturated carbocycles. The van der Waals surface area contributed by atoms with Crippen molar-refractivity contribution in [2.24, 2.45) is 11.7 Å². The average Bonchev–Trinajstić information content (AvgIpc) is 2.59. The van der Waals surface area contributed by atoms with Crippen LogP contribution in [-0.2, 0) is 0 Å². The summed E-state index contributed by atoms with van der Waals surface area (Å²) in [4.78, 5) is 2.41. The zero-order chi connectivity index (χ0) is 12.5. The summed E-state index contributed by atoms with van der Waals surface area (Å²) < 4.78 is 0. The Labute approximate surface area is 108 Å². The van der Waals surface area contributed by atoms with E-state index in [1.807, 2.05) is 0 Å². The molecule has 2 N–H and O–H groups in total. The molecule has 3 unspecified atom stereocenters. The summed E-state index contributed by atoms with van der Waals surface area (Å²) in [5, 5.41) is 0. The molecular formula is C15H32N2.